The van der Waals surface area contributed by atoms with Gasteiger partial charge in [0, 0.05) is 29.4 Å². The molecule has 3 N–H and O–H groups in total. The molecule has 1 saturated carbocycles. The van der Waals surface area contributed by atoms with Crippen LogP contribution in [0.5, 0.6) is 0 Å². The van der Waals surface area contributed by atoms with Gasteiger partial charge in [-0.1, -0.05) is 37.8 Å². The first-order valence-electron chi connectivity index (χ1n) is 20.0. The molecule has 304 valence electrons. The molecule has 1 fully saturated rings. The predicted molar refractivity (Wildman–Crippen MR) is 204 cm³/mol. The van der Waals surface area contributed by atoms with Gasteiger partial charge in [0.1, 0.15) is 12.6 Å². The molecular formula is C38H52F5N5O5SSi. The molecule has 0 saturated heterocycles. The van der Waals surface area contributed by atoms with Gasteiger partial charge in [0.05, 0.1) is 60.2 Å². The van der Waals surface area contributed by atoms with Gasteiger partial charge in [0.2, 0.25) is 0 Å². The number of amides is 2. The van der Waals surface area contributed by atoms with Crippen molar-refractivity contribution < 1.29 is 50.7 Å². The topological polar surface area (TPSA) is 129 Å². The molecule has 1 aliphatic heterocycles. The average Bonchev–Trinajstić information content (AvgIpc) is 3.84. The maximum atomic E-state index is 16.3. The fourth-order valence-electron chi connectivity index (χ4n) is 6.16. The Morgan fingerprint density at radius 2 is 1.65 bits per heavy atom. The summed E-state index contributed by atoms with van der Waals surface area (Å²) in [7, 11) is -3.45. The van der Waals surface area contributed by atoms with Gasteiger partial charge in [-0.3, -0.25) is 19.6 Å². The summed E-state index contributed by atoms with van der Waals surface area (Å²) in [5.41, 5.74) is -2.12. The molecule has 3 aromatic rings. The highest BCUT2D eigenvalue weighted by Crippen LogP contribution is 2.43. The first-order valence-corrected chi connectivity index (χ1v) is 22.9. The normalized spacial score (nSPS) is 19.2. The highest BCUT2D eigenvalue weighted by molar-refractivity contribution is 7.84. The molecule has 3 atom stereocenters. The van der Waals surface area contributed by atoms with Crippen LogP contribution in [0.1, 0.15) is 96.5 Å². The Balaban J connectivity index is 1.54. The molecule has 5 rings (SSSR count). The van der Waals surface area contributed by atoms with E-state index in [2.05, 4.69) is 25.0 Å². The monoisotopic (exact) mass is 817 g/mol. The number of ether oxygens (including phenoxy) is 2. The van der Waals surface area contributed by atoms with Crippen molar-refractivity contribution in [1.29, 1.82) is 0 Å². The lowest BCUT2D eigenvalue weighted by molar-refractivity contribution is -0.265. The van der Waals surface area contributed by atoms with E-state index in [-0.39, 0.29) is 46.4 Å². The summed E-state index contributed by atoms with van der Waals surface area (Å²) < 4.78 is 133. The zero-order chi connectivity index (χ0) is 44.3. The van der Waals surface area contributed by atoms with Gasteiger partial charge in [-0.05, 0) is 88.7 Å². The molecule has 1 aliphatic carbocycles. The van der Waals surface area contributed by atoms with E-state index in [1.54, 1.807) is 30.5 Å². The lowest BCUT2D eigenvalue weighted by Crippen LogP contribution is -2.46. The number of hydrogen-bond donors (Lipinski definition) is 2. The number of imide groups is 1. The quantitative estimate of drug-likeness (QED) is 0.0554. The van der Waals surface area contributed by atoms with Gasteiger partial charge in [-0.15, -0.1) is 0 Å². The fraction of sp³-hybridized carbons (Fsp3) is 0.605. The average molecular weight is 818 g/mol. The number of fused-ring (bicyclic) bond motifs is 2. The van der Waals surface area contributed by atoms with Crippen LogP contribution in [0.25, 0.3) is 11.0 Å². The van der Waals surface area contributed by atoms with Gasteiger partial charge in [0.25, 0.3) is 17.7 Å². The minimum atomic E-state index is -4.99. The largest absolute Gasteiger partial charge is 0.416 e. The van der Waals surface area contributed by atoms with Crippen molar-refractivity contribution in [3.8, 4) is 0 Å². The Morgan fingerprint density at radius 1 is 1.04 bits per heavy atom. The lowest BCUT2D eigenvalue weighted by Gasteiger charge is -2.32. The van der Waals surface area contributed by atoms with E-state index in [1.807, 2.05) is 0 Å². The first-order chi connectivity index (χ1) is 26.9. The van der Waals surface area contributed by atoms with E-state index in [1.165, 1.54) is 30.3 Å². The van der Waals surface area contributed by atoms with Crippen LogP contribution in [0.2, 0.25) is 25.7 Å². The number of carbonyl (C=O) groups excluding carboxylic acids is 2. The third kappa shape index (κ3) is 10.3. The van der Waals surface area contributed by atoms with Crippen molar-refractivity contribution in [3.05, 3.63) is 65.0 Å². The van der Waals surface area contributed by atoms with Crippen LogP contribution in [-0.2, 0) is 27.2 Å². The van der Waals surface area contributed by atoms with E-state index >= 15 is 8.78 Å². The molecule has 0 spiro atoms. The molecule has 17 heteroatoms. The van der Waals surface area contributed by atoms with Crippen LogP contribution in [0.4, 0.5) is 22.0 Å². The summed E-state index contributed by atoms with van der Waals surface area (Å²) in [5.74, 6) is -8.68. The number of carbonyl (C=O) groups is 2. The summed E-state index contributed by atoms with van der Waals surface area (Å²) in [5, 5.41) is 8.13. The maximum Gasteiger partial charge on any atom is 0.416 e. The number of alkyl halides is 5. The Hall–Kier alpha value is -3.09. The highest BCUT2D eigenvalue weighted by atomic mass is 32.2. The zero-order valence-electron chi connectivity index (χ0n) is 36.0. The minimum absolute atomic E-state index is 0.0220. The first kappa shape index (κ1) is 37.5. The zero-order valence-corrected chi connectivity index (χ0v) is 33.8. The molecule has 2 aliphatic rings. The Kier molecular flexibility index (Phi) is 10.9. The highest BCUT2D eigenvalue weighted by Gasteiger charge is 2.49. The number of rotatable bonds is 19. The van der Waals surface area contributed by atoms with Gasteiger partial charge in [-0.2, -0.15) is 13.2 Å². The molecule has 10 nitrogen and oxygen atoms in total. The number of nitrogens with zero attached hydrogens (tertiary/aromatic N) is 3. The van der Waals surface area contributed by atoms with Gasteiger partial charge >= 0.3 is 6.18 Å². The molecular weight excluding hydrogens is 762 g/mol. The van der Waals surface area contributed by atoms with Crippen LogP contribution in [-0.4, -0.2) is 87.2 Å². The minimum Gasteiger partial charge on any atom is -0.365 e. The standard InChI is InChI=1S/C38H52F5N5O5SSi/c1-35(2,54(44)51)19-26(20-53-36(3,4)38(41,42)43)32-46-29-18-25(14-15-30(29)48(32)23-52-16-17-55(5,6)7)31(24-12-13-24)45-21-37(39,40)22-47-33(49)27-10-8-9-11-28(27)34(47)50/h8-11,14-15,18,24,26,31,45H,12-13,16-17,19-23,44H2,1-7H3/t26-,31+,54?/m0/s1/i21D2,22D2. The van der Waals surface area contributed by atoms with Gasteiger partial charge in [-0.25, -0.2) is 18.0 Å². The van der Waals surface area contributed by atoms with Crippen LogP contribution < -0.4 is 10.5 Å². The fourth-order valence-corrected chi connectivity index (χ4v) is 7.28. The number of halogens is 5. The Labute approximate surface area is 327 Å². The second kappa shape index (κ2) is 16.0. The van der Waals surface area contributed by atoms with Crippen molar-refractivity contribution >= 4 is 41.9 Å². The SMILES string of the molecule is [2H]C([2H])(N[C@@H](c1ccc2c(c1)nc([C@H](COC(C)(C)C(F)(F)F)CC(C)(C)S(N)=O)n2COCC[Si](C)(C)C)C1CC1)C(F)(F)C([2H])([2H])N1C(=O)c2ccccc2C1=O. The predicted octanol–water partition coefficient (Wildman–Crippen LogP) is 7.55. The van der Waals surface area contributed by atoms with Gasteiger partial charge < -0.3 is 19.4 Å². The molecule has 1 unspecified atom stereocenters. The lowest BCUT2D eigenvalue weighted by atomic mass is 9.95. The second-order valence-corrected chi connectivity index (χ2v) is 23.9. The third-order valence-electron chi connectivity index (χ3n) is 9.88. The number of benzene rings is 2. The summed E-state index contributed by atoms with van der Waals surface area (Å²) in [6.45, 7) is 3.34. The number of aromatic nitrogens is 2. The smallest absolute Gasteiger partial charge is 0.365 e. The van der Waals surface area contributed by atoms with Crippen LogP contribution in [0, 0.1) is 5.92 Å². The molecule has 2 aromatic carbocycles. The molecule has 2 amide bonds. The van der Waals surface area contributed by atoms with Crippen molar-refractivity contribution in [2.45, 2.75) is 114 Å². The molecule has 2 heterocycles. The van der Waals surface area contributed by atoms with Gasteiger partial charge in [0.15, 0.2) is 5.60 Å². The molecule has 1 aromatic heterocycles. The third-order valence-corrected chi connectivity index (χ3v) is 12.8. The van der Waals surface area contributed by atoms with E-state index in [4.69, 9.17) is 25.1 Å². The van der Waals surface area contributed by atoms with Crippen molar-refractivity contribution in [3.63, 3.8) is 0 Å². The maximum absolute atomic E-state index is 16.3. The number of nitrogens with one attached hydrogen (secondary N) is 1. The molecule has 0 radical (unpaired) electrons. The van der Waals surface area contributed by atoms with Crippen LogP contribution in [0.15, 0.2) is 42.5 Å². The Bertz CT molecular complexity index is 2060. The summed E-state index contributed by atoms with van der Waals surface area (Å²) in [6, 6.07) is 9.53. The second-order valence-electron chi connectivity index (χ2n) is 16.5. The molecule has 55 heavy (non-hydrogen) atoms. The van der Waals surface area contributed by atoms with E-state index in [9.17, 15) is 27.0 Å². The van der Waals surface area contributed by atoms with Crippen LogP contribution >= 0.6 is 0 Å². The summed E-state index contributed by atoms with van der Waals surface area (Å²) in [6.07, 6.45) is -3.73. The summed E-state index contributed by atoms with van der Waals surface area (Å²) >= 11 is 0. The van der Waals surface area contributed by atoms with Crippen molar-refractivity contribution in [1.82, 2.24) is 19.8 Å². The van der Waals surface area contributed by atoms with E-state index < -0.39 is 84.9 Å². The van der Waals surface area contributed by atoms with E-state index in [0.29, 0.717) is 30.5 Å². The Morgan fingerprint density at radius 3 is 2.20 bits per heavy atom. The number of nitrogens with two attached hydrogens (primary N) is 1. The van der Waals surface area contributed by atoms with Crippen LogP contribution in [0.3, 0.4) is 0 Å². The number of imidazole rings is 1. The van der Waals surface area contributed by atoms with Crippen molar-refractivity contribution in [2.75, 3.05) is 26.2 Å². The summed E-state index contributed by atoms with van der Waals surface area (Å²) in [4.78, 5) is 30.7. The van der Waals surface area contributed by atoms with E-state index in [0.717, 1.165) is 19.9 Å². The van der Waals surface area contributed by atoms with Crippen molar-refractivity contribution in [2.24, 2.45) is 11.1 Å². The molecule has 0 bridgehead atoms. The number of hydrogen-bond acceptors (Lipinski definition) is 7.